The molecule has 4 nitrogen and oxygen atoms in total. The fourth-order valence-electron chi connectivity index (χ4n) is 1.87. The molecule has 1 aromatic carbocycles. The Morgan fingerprint density at radius 2 is 2.05 bits per heavy atom. The lowest BCUT2D eigenvalue weighted by molar-refractivity contribution is -0.116. The Bertz CT molecular complexity index is 443. The Morgan fingerprint density at radius 1 is 1.35 bits per heavy atom. The van der Waals surface area contributed by atoms with Crippen LogP contribution in [0.2, 0.25) is 0 Å². The van der Waals surface area contributed by atoms with Crippen LogP contribution in [0, 0.1) is 12.8 Å². The smallest absolute Gasteiger partial charge is 0.225 e. The summed E-state index contributed by atoms with van der Waals surface area (Å²) in [5.74, 6) is 0.733. The van der Waals surface area contributed by atoms with Crippen LogP contribution in [0.15, 0.2) is 18.2 Å². The molecule has 0 unspecified atom stereocenters. The van der Waals surface area contributed by atoms with Crippen molar-refractivity contribution < 1.29 is 4.79 Å². The molecule has 0 heterocycles. The molecule has 0 aliphatic rings. The van der Waals surface area contributed by atoms with Gasteiger partial charge in [-0.1, -0.05) is 19.9 Å². The summed E-state index contributed by atoms with van der Waals surface area (Å²) < 4.78 is 0. The lowest BCUT2D eigenvalue weighted by Gasteiger charge is -2.17. The average molecular weight is 277 g/mol. The number of hydrogen-bond acceptors (Lipinski definition) is 3. The van der Waals surface area contributed by atoms with Gasteiger partial charge in [-0.2, -0.15) is 0 Å². The molecular weight excluding hydrogens is 250 g/mol. The van der Waals surface area contributed by atoms with Crippen LogP contribution in [0.4, 0.5) is 11.4 Å². The van der Waals surface area contributed by atoms with Crippen molar-refractivity contribution in [2.75, 3.05) is 31.2 Å². The van der Waals surface area contributed by atoms with E-state index in [9.17, 15) is 4.79 Å². The predicted octanol–water partition coefficient (Wildman–Crippen LogP) is 2.88. The molecule has 20 heavy (non-hydrogen) atoms. The molecule has 1 aromatic rings. The third-order valence-electron chi connectivity index (χ3n) is 3.34. The Labute approximate surface area is 122 Å². The maximum Gasteiger partial charge on any atom is 0.225 e. The van der Waals surface area contributed by atoms with Crippen LogP contribution in [0.5, 0.6) is 0 Å². The number of hydrogen-bond donors (Lipinski definition) is 2. The number of nitrogens with two attached hydrogens (primary N) is 1. The number of aryl methyl sites for hydroxylation is 1. The Balaban J connectivity index is 2.38. The number of nitrogens with one attached hydrogen (secondary N) is 1. The molecule has 0 atom stereocenters. The van der Waals surface area contributed by atoms with Gasteiger partial charge in [-0.25, -0.2) is 0 Å². The quantitative estimate of drug-likeness (QED) is 0.753. The van der Waals surface area contributed by atoms with E-state index in [-0.39, 0.29) is 5.91 Å². The number of rotatable bonds is 7. The van der Waals surface area contributed by atoms with Crippen molar-refractivity contribution in [1.82, 2.24) is 4.90 Å². The number of nitrogens with zero attached hydrogens (tertiary/aromatic N) is 1. The van der Waals surface area contributed by atoms with Crippen LogP contribution < -0.4 is 11.1 Å². The molecule has 3 N–H and O–H groups in total. The van der Waals surface area contributed by atoms with Crippen molar-refractivity contribution in [2.24, 2.45) is 5.92 Å². The van der Waals surface area contributed by atoms with E-state index in [2.05, 4.69) is 31.1 Å². The van der Waals surface area contributed by atoms with E-state index in [0.29, 0.717) is 18.0 Å². The first kappa shape index (κ1) is 16.5. The number of carbonyl (C=O) groups is 1. The lowest BCUT2D eigenvalue weighted by Crippen LogP contribution is -2.26. The molecule has 1 amide bonds. The molecule has 0 bridgehead atoms. The zero-order valence-corrected chi connectivity index (χ0v) is 13.1. The second-order valence-electron chi connectivity index (χ2n) is 5.86. The summed E-state index contributed by atoms with van der Waals surface area (Å²) in [6.07, 6.45) is 1.66. The van der Waals surface area contributed by atoms with Crippen LogP contribution in [0.25, 0.3) is 0 Å². The summed E-state index contributed by atoms with van der Waals surface area (Å²) in [6.45, 7) is 8.19. The van der Waals surface area contributed by atoms with Crippen molar-refractivity contribution in [3.05, 3.63) is 23.8 Å². The molecule has 0 saturated heterocycles. The number of benzene rings is 1. The molecule has 112 valence electrons. The van der Waals surface area contributed by atoms with Gasteiger partial charge in [0.05, 0.1) is 0 Å². The van der Waals surface area contributed by atoms with Gasteiger partial charge in [0.25, 0.3) is 0 Å². The van der Waals surface area contributed by atoms with Crippen LogP contribution in [0.1, 0.15) is 32.3 Å². The highest BCUT2D eigenvalue weighted by molar-refractivity contribution is 5.92. The second-order valence-corrected chi connectivity index (χ2v) is 5.86. The fourth-order valence-corrected chi connectivity index (χ4v) is 1.87. The summed E-state index contributed by atoms with van der Waals surface area (Å²) in [5, 5.41) is 2.93. The van der Waals surface area contributed by atoms with E-state index >= 15 is 0 Å². The lowest BCUT2D eigenvalue weighted by atomic mass is 10.1. The summed E-state index contributed by atoms with van der Waals surface area (Å²) in [6, 6.07) is 5.56. The molecule has 1 rings (SSSR count). The molecule has 0 saturated carbocycles. The van der Waals surface area contributed by atoms with E-state index in [1.54, 1.807) is 6.07 Å². The van der Waals surface area contributed by atoms with Gasteiger partial charge in [-0.05, 0) is 50.6 Å². The third kappa shape index (κ3) is 6.06. The van der Waals surface area contributed by atoms with E-state index in [0.717, 1.165) is 30.8 Å². The maximum absolute atomic E-state index is 11.9. The normalized spacial score (nSPS) is 11.1. The van der Waals surface area contributed by atoms with Gasteiger partial charge in [0, 0.05) is 24.3 Å². The molecule has 0 spiro atoms. The van der Waals surface area contributed by atoms with Crippen molar-refractivity contribution in [3.63, 3.8) is 0 Å². The Hall–Kier alpha value is -1.55. The largest absolute Gasteiger partial charge is 0.399 e. The first-order valence-electron chi connectivity index (χ1n) is 7.23. The molecular formula is C16H27N3O. The monoisotopic (exact) mass is 277 g/mol. The molecule has 4 heteroatoms. The molecule has 0 fully saturated rings. The molecule has 0 aliphatic heterocycles. The van der Waals surface area contributed by atoms with E-state index in [1.807, 2.05) is 19.1 Å². The van der Waals surface area contributed by atoms with Crippen molar-refractivity contribution >= 4 is 17.3 Å². The van der Waals surface area contributed by atoms with Gasteiger partial charge in [0.1, 0.15) is 0 Å². The standard InChI is InChI=1S/C16H27N3O/c1-12(2)7-9-19(4)10-8-16(20)18-15-11-14(17)6-5-13(15)3/h5-6,11-12H,7-10,17H2,1-4H3,(H,18,20). The first-order chi connectivity index (χ1) is 9.38. The minimum absolute atomic E-state index is 0.0371. The van der Waals surface area contributed by atoms with Crippen LogP contribution in [-0.4, -0.2) is 30.9 Å². The topological polar surface area (TPSA) is 58.4 Å². The number of amides is 1. The minimum atomic E-state index is 0.0371. The summed E-state index contributed by atoms with van der Waals surface area (Å²) in [7, 11) is 2.06. The van der Waals surface area contributed by atoms with Gasteiger partial charge in [-0.3, -0.25) is 4.79 Å². The SMILES string of the molecule is Cc1ccc(N)cc1NC(=O)CCN(C)CCC(C)C. The Morgan fingerprint density at radius 3 is 2.70 bits per heavy atom. The molecule has 0 aliphatic carbocycles. The van der Waals surface area contributed by atoms with Gasteiger partial charge in [-0.15, -0.1) is 0 Å². The van der Waals surface area contributed by atoms with Gasteiger partial charge < -0.3 is 16.0 Å². The van der Waals surface area contributed by atoms with Crippen LogP contribution in [0.3, 0.4) is 0 Å². The minimum Gasteiger partial charge on any atom is -0.399 e. The number of nitrogen functional groups attached to an aromatic ring is 1. The predicted molar refractivity (Wildman–Crippen MR) is 85.8 cm³/mol. The number of carbonyl (C=O) groups excluding carboxylic acids is 1. The highest BCUT2D eigenvalue weighted by atomic mass is 16.1. The van der Waals surface area contributed by atoms with E-state index in [1.165, 1.54) is 0 Å². The highest BCUT2D eigenvalue weighted by Gasteiger charge is 2.07. The zero-order chi connectivity index (χ0) is 15.1. The van der Waals surface area contributed by atoms with Crippen LogP contribution >= 0.6 is 0 Å². The summed E-state index contributed by atoms with van der Waals surface area (Å²) >= 11 is 0. The van der Waals surface area contributed by atoms with Gasteiger partial charge >= 0.3 is 0 Å². The van der Waals surface area contributed by atoms with E-state index in [4.69, 9.17) is 5.73 Å². The average Bonchev–Trinajstić information content (AvgIpc) is 2.38. The van der Waals surface area contributed by atoms with Gasteiger partial charge in [0.2, 0.25) is 5.91 Å². The van der Waals surface area contributed by atoms with Crippen LogP contribution in [-0.2, 0) is 4.79 Å². The zero-order valence-electron chi connectivity index (χ0n) is 13.1. The summed E-state index contributed by atoms with van der Waals surface area (Å²) in [4.78, 5) is 14.1. The Kier molecular flexibility index (Phi) is 6.52. The maximum atomic E-state index is 11.9. The van der Waals surface area contributed by atoms with E-state index < -0.39 is 0 Å². The van der Waals surface area contributed by atoms with Crippen molar-refractivity contribution in [2.45, 2.75) is 33.6 Å². The fraction of sp³-hybridized carbons (Fsp3) is 0.562. The van der Waals surface area contributed by atoms with Crippen molar-refractivity contribution in [3.8, 4) is 0 Å². The second kappa shape index (κ2) is 7.90. The highest BCUT2D eigenvalue weighted by Crippen LogP contribution is 2.18. The number of anilines is 2. The molecule has 0 aromatic heterocycles. The first-order valence-corrected chi connectivity index (χ1v) is 7.23. The van der Waals surface area contributed by atoms with Crippen molar-refractivity contribution in [1.29, 1.82) is 0 Å². The third-order valence-corrected chi connectivity index (χ3v) is 3.34. The van der Waals surface area contributed by atoms with Gasteiger partial charge in [0.15, 0.2) is 0 Å². The molecule has 0 radical (unpaired) electrons. The summed E-state index contributed by atoms with van der Waals surface area (Å²) in [5.41, 5.74) is 8.23.